The van der Waals surface area contributed by atoms with E-state index in [-0.39, 0.29) is 0 Å². The summed E-state index contributed by atoms with van der Waals surface area (Å²) in [6.45, 7) is 0. The highest BCUT2D eigenvalue weighted by molar-refractivity contribution is 5.90. The smallest absolute Gasteiger partial charge is 0.341 e. The molecule has 0 atom stereocenters. The molecule has 3 aromatic rings. The van der Waals surface area contributed by atoms with Crippen LogP contribution in [0.5, 0.6) is 5.75 Å². The quantitative estimate of drug-likeness (QED) is 0.690. The lowest BCUT2D eigenvalue weighted by Crippen LogP contribution is -1.98. The molecule has 5 heteroatoms. The van der Waals surface area contributed by atoms with Gasteiger partial charge in [0, 0.05) is 11.5 Å². The Morgan fingerprint density at radius 1 is 1.14 bits per heavy atom. The number of pyridine rings is 1. The molecule has 106 valence electrons. The van der Waals surface area contributed by atoms with Gasteiger partial charge in [0.05, 0.1) is 25.3 Å². The van der Waals surface area contributed by atoms with Gasteiger partial charge >= 0.3 is 5.97 Å². The van der Waals surface area contributed by atoms with E-state index in [4.69, 9.17) is 9.15 Å². The standard InChI is InChI=1S/C16H13NO4/c1-19-12-4-6-13-10(7-12)3-5-14(17-13)15-8-11(9-21-15)16(18)20-2/h3-9H,1-2H3. The zero-order valence-electron chi connectivity index (χ0n) is 11.6. The summed E-state index contributed by atoms with van der Waals surface area (Å²) in [5, 5.41) is 0.970. The molecule has 0 unspecified atom stereocenters. The zero-order chi connectivity index (χ0) is 14.8. The molecular formula is C16H13NO4. The summed E-state index contributed by atoms with van der Waals surface area (Å²) in [6, 6.07) is 11.0. The average Bonchev–Trinajstić information content (AvgIpc) is 3.03. The van der Waals surface area contributed by atoms with Crippen LogP contribution in [0.25, 0.3) is 22.4 Å². The Balaban J connectivity index is 2.01. The van der Waals surface area contributed by atoms with E-state index >= 15 is 0 Å². The second-order valence-corrected chi connectivity index (χ2v) is 4.45. The molecule has 5 nitrogen and oxygen atoms in total. The van der Waals surface area contributed by atoms with E-state index in [1.807, 2.05) is 30.3 Å². The van der Waals surface area contributed by atoms with Gasteiger partial charge in [-0.2, -0.15) is 0 Å². The van der Waals surface area contributed by atoms with Crippen molar-refractivity contribution >= 4 is 16.9 Å². The second kappa shape index (κ2) is 5.28. The fourth-order valence-corrected chi connectivity index (χ4v) is 2.06. The van der Waals surface area contributed by atoms with Gasteiger partial charge in [0.2, 0.25) is 0 Å². The summed E-state index contributed by atoms with van der Waals surface area (Å²) in [6.07, 6.45) is 1.36. The van der Waals surface area contributed by atoms with Crippen molar-refractivity contribution in [1.29, 1.82) is 0 Å². The van der Waals surface area contributed by atoms with Crippen LogP contribution in [-0.2, 0) is 4.74 Å². The lowest BCUT2D eigenvalue weighted by atomic mass is 10.1. The van der Waals surface area contributed by atoms with Crippen LogP contribution in [0.1, 0.15) is 10.4 Å². The third-order valence-electron chi connectivity index (χ3n) is 3.17. The topological polar surface area (TPSA) is 61.6 Å². The van der Waals surface area contributed by atoms with Gasteiger partial charge < -0.3 is 13.9 Å². The Bertz CT molecular complexity index is 807. The molecule has 0 saturated heterocycles. The first-order valence-electron chi connectivity index (χ1n) is 6.33. The van der Waals surface area contributed by atoms with Gasteiger partial charge in [0.25, 0.3) is 0 Å². The first-order valence-corrected chi connectivity index (χ1v) is 6.33. The lowest BCUT2D eigenvalue weighted by Gasteiger charge is -2.03. The maximum absolute atomic E-state index is 11.4. The fraction of sp³-hybridized carbons (Fsp3) is 0.125. The van der Waals surface area contributed by atoms with Gasteiger partial charge in [0.15, 0.2) is 5.76 Å². The minimum absolute atomic E-state index is 0.365. The number of fused-ring (bicyclic) bond motifs is 1. The van der Waals surface area contributed by atoms with Gasteiger partial charge in [-0.1, -0.05) is 6.07 Å². The van der Waals surface area contributed by atoms with Crippen molar-refractivity contribution in [2.75, 3.05) is 14.2 Å². The Morgan fingerprint density at radius 3 is 2.76 bits per heavy atom. The molecule has 2 heterocycles. The van der Waals surface area contributed by atoms with Crippen LogP contribution < -0.4 is 4.74 Å². The molecule has 0 bridgehead atoms. The van der Waals surface area contributed by atoms with Crippen LogP contribution in [0, 0.1) is 0 Å². The van der Waals surface area contributed by atoms with Gasteiger partial charge in [-0.15, -0.1) is 0 Å². The SMILES string of the molecule is COC(=O)c1coc(-c2ccc3cc(OC)ccc3n2)c1. The number of rotatable bonds is 3. The Morgan fingerprint density at radius 2 is 2.00 bits per heavy atom. The van der Waals surface area contributed by atoms with Crippen molar-refractivity contribution in [3.63, 3.8) is 0 Å². The van der Waals surface area contributed by atoms with Crippen molar-refractivity contribution in [3.05, 3.63) is 48.2 Å². The first-order chi connectivity index (χ1) is 10.2. The first kappa shape index (κ1) is 13.2. The lowest BCUT2D eigenvalue weighted by molar-refractivity contribution is 0.0600. The minimum Gasteiger partial charge on any atom is -0.497 e. The van der Waals surface area contributed by atoms with E-state index in [1.54, 1.807) is 13.2 Å². The van der Waals surface area contributed by atoms with Gasteiger partial charge in [-0.3, -0.25) is 0 Å². The molecule has 0 aliphatic heterocycles. The molecule has 1 aromatic carbocycles. The van der Waals surface area contributed by atoms with Crippen LogP contribution in [0.3, 0.4) is 0 Å². The van der Waals surface area contributed by atoms with Gasteiger partial charge in [-0.05, 0) is 24.3 Å². The number of methoxy groups -OCH3 is 2. The van der Waals surface area contributed by atoms with E-state index in [2.05, 4.69) is 9.72 Å². The summed E-state index contributed by atoms with van der Waals surface area (Å²) in [7, 11) is 2.96. The number of furan rings is 1. The molecular weight excluding hydrogens is 270 g/mol. The Kier molecular flexibility index (Phi) is 3.31. The van der Waals surface area contributed by atoms with E-state index in [0.717, 1.165) is 16.7 Å². The highest BCUT2D eigenvalue weighted by atomic mass is 16.5. The van der Waals surface area contributed by atoms with Crippen LogP contribution in [0.4, 0.5) is 0 Å². The predicted octanol–water partition coefficient (Wildman–Crippen LogP) is 3.29. The molecule has 0 spiro atoms. The van der Waals surface area contributed by atoms with E-state index in [1.165, 1.54) is 13.4 Å². The van der Waals surface area contributed by atoms with Crippen LogP contribution in [-0.4, -0.2) is 25.2 Å². The highest BCUT2D eigenvalue weighted by Crippen LogP contribution is 2.25. The summed E-state index contributed by atoms with van der Waals surface area (Å²) < 4.78 is 15.2. The van der Waals surface area contributed by atoms with Crippen LogP contribution >= 0.6 is 0 Å². The highest BCUT2D eigenvalue weighted by Gasteiger charge is 2.12. The summed E-state index contributed by atoms with van der Waals surface area (Å²) in [5.74, 6) is 0.867. The van der Waals surface area contributed by atoms with Gasteiger partial charge in [-0.25, -0.2) is 9.78 Å². The van der Waals surface area contributed by atoms with Crippen molar-refractivity contribution < 1.29 is 18.7 Å². The summed E-state index contributed by atoms with van der Waals surface area (Å²) in [4.78, 5) is 15.9. The number of nitrogens with zero attached hydrogens (tertiary/aromatic N) is 1. The summed E-state index contributed by atoms with van der Waals surface area (Å²) >= 11 is 0. The minimum atomic E-state index is -0.435. The molecule has 0 radical (unpaired) electrons. The number of hydrogen-bond donors (Lipinski definition) is 0. The van der Waals surface area contributed by atoms with Crippen LogP contribution in [0.2, 0.25) is 0 Å². The maximum atomic E-state index is 11.4. The maximum Gasteiger partial charge on any atom is 0.341 e. The monoisotopic (exact) mass is 283 g/mol. The van der Waals surface area contributed by atoms with Crippen molar-refractivity contribution in [3.8, 4) is 17.2 Å². The number of carbonyl (C=O) groups excluding carboxylic acids is 1. The number of hydrogen-bond acceptors (Lipinski definition) is 5. The Labute approximate surface area is 121 Å². The van der Waals surface area contributed by atoms with E-state index in [9.17, 15) is 4.79 Å². The second-order valence-electron chi connectivity index (χ2n) is 4.45. The third-order valence-corrected chi connectivity index (χ3v) is 3.17. The predicted molar refractivity (Wildman–Crippen MR) is 77.3 cm³/mol. The molecule has 3 rings (SSSR count). The molecule has 0 amide bonds. The normalized spacial score (nSPS) is 10.6. The molecule has 2 aromatic heterocycles. The largest absolute Gasteiger partial charge is 0.497 e. The van der Waals surface area contributed by atoms with E-state index in [0.29, 0.717) is 17.0 Å². The number of benzene rings is 1. The molecule has 0 aliphatic carbocycles. The molecule has 0 aliphatic rings. The van der Waals surface area contributed by atoms with E-state index < -0.39 is 5.97 Å². The molecule has 0 N–H and O–H groups in total. The molecule has 0 fully saturated rings. The average molecular weight is 283 g/mol. The Hall–Kier alpha value is -2.82. The number of carbonyl (C=O) groups is 1. The van der Waals surface area contributed by atoms with Crippen molar-refractivity contribution in [2.24, 2.45) is 0 Å². The molecule has 21 heavy (non-hydrogen) atoms. The van der Waals surface area contributed by atoms with Crippen LogP contribution in [0.15, 0.2) is 47.1 Å². The number of ether oxygens (including phenoxy) is 2. The summed E-state index contributed by atoms with van der Waals surface area (Å²) in [5.41, 5.74) is 1.84. The number of aromatic nitrogens is 1. The molecule has 0 saturated carbocycles. The number of esters is 1. The fourth-order valence-electron chi connectivity index (χ4n) is 2.06. The van der Waals surface area contributed by atoms with Crippen molar-refractivity contribution in [1.82, 2.24) is 4.98 Å². The third kappa shape index (κ3) is 2.45. The zero-order valence-corrected chi connectivity index (χ0v) is 11.6. The van der Waals surface area contributed by atoms with Gasteiger partial charge in [0.1, 0.15) is 17.7 Å². The van der Waals surface area contributed by atoms with Crippen molar-refractivity contribution in [2.45, 2.75) is 0 Å².